The predicted molar refractivity (Wildman–Crippen MR) is 104 cm³/mol. The molecule has 2 rings (SSSR count). The van der Waals surface area contributed by atoms with Gasteiger partial charge in [-0.05, 0) is 38.8 Å². The molecule has 0 aliphatic carbocycles. The highest BCUT2D eigenvalue weighted by molar-refractivity contribution is 6.01. The second-order valence-corrected chi connectivity index (χ2v) is 6.57. The van der Waals surface area contributed by atoms with Crippen molar-refractivity contribution in [3.05, 3.63) is 35.5 Å². The number of ether oxygens (including phenoxy) is 1. The van der Waals surface area contributed by atoms with Gasteiger partial charge in [-0.15, -0.1) is 0 Å². The van der Waals surface area contributed by atoms with Crippen LogP contribution in [0.4, 0.5) is 5.95 Å². The van der Waals surface area contributed by atoms with E-state index in [0.29, 0.717) is 48.3 Å². The molecule has 0 radical (unpaired) electrons. The molecule has 140 valence electrons. The van der Waals surface area contributed by atoms with Gasteiger partial charge in [0.25, 0.3) is 5.91 Å². The minimum atomic E-state index is -0.0961. The van der Waals surface area contributed by atoms with E-state index in [1.54, 1.807) is 11.8 Å². The van der Waals surface area contributed by atoms with Crippen LogP contribution in [0.25, 0.3) is 11.3 Å². The molecule has 26 heavy (non-hydrogen) atoms. The summed E-state index contributed by atoms with van der Waals surface area (Å²) in [5, 5.41) is 0. The van der Waals surface area contributed by atoms with Gasteiger partial charge in [-0.3, -0.25) is 4.79 Å². The SMILES string of the molecule is CCN(CC)C(=O)c1c(C)nc(N)nc1-c1ccccc1OCC(C)C. The molecule has 1 aromatic heterocycles. The Labute approximate surface area is 155 Å². The summed E-state index contributed by atoms with van der Waals surface area (Å²) in [5.74, 6) is 1.12. The number of nitrogens with zero attached hydrogens (tertiary/aromatic N) is 3. The number of benzene rings is 1. The zero-order chi connectivity index (χ0) is 19.3. The molecule has 2 aromatic rings. The molecule has 0 bridgehead atoms. The Kier molecular flexibility index (Phi) is 6.55. The van der Waals surface area contributed by atoms with Gasteiger partial charge < -0.3 is 15.4 Å². The summed E-state index contributed by atoms with van der Waals surface area (Å²) in [6.07, 6.45) is 0. The molecule has 6 nitrogen and oxygen atoms in total. The molecule has 0 aliphatic heterocycles. The van der Waals surface area contributed by atoms with Gasteiger partial charge in [0, 0.05) is 18.7 Å². The normalized spacial score (nSPS) is 10.8. The van der Waals surface area contributed by atoms with E-state index in [1.807, 2.05) is 38.1 Å². The van der Waals surface area contributed by atoms with Crippen LogP contribution in [0, 0.1) is 12.8 Å². The second-order valence-electron chi connectivity index (χ2n) is 6.57. The van der Waals surface area contributed by atoms with E-state index in [1.165, 1.54) is 0 Å². The van der Waals surface area contributed by atoms with Crippen LogP contribution < -0.4 is 10.5 Å². The van der Waals surface area contributed by atoms with Gasteiger partial charge in [-0.1, -0.05) is 26.0 Å². The highest BCUT2D eigenvalue weighted by Gasteiger charge is 2.24. The number of nitrogens with two attached hydrogens (primary N) is 1. The van der Waals surface area contributed by atoms with E-state index in [9.17, 15) is 4.79 Å². The fourth-order valence-corrected chi connectivity index (χ4v) is 2.76. The van der Waals surface area contributed by atoms with Gasteiger partial charge in [0.15, 0.2) is 0 Å². The van der Waals surface area contributed by atoms with E-state index in [0.717, 1.165) is 5.56 Å². The van der Waals surface area contributed by atoms with Crippen molar-refractivity contribution in [2.45, 2.75) is 34.6 Å². The highest BCUT2D eigenvalue weighted by atomic mass is 16.5. The van der Waals surface area contributed by atoms with Gasteiger partial charge in [0.2, 0.25) is 5.95 Å². The molecule has 6 heteroatoms. The third-order valence-electron chi connectivity index (χ3n) is 4.09. The maximum atomic E-state index is 13.1. The first-order chi connectivity index (χ1) is 12.4. The standard InChI is InChI=1S/C20H28N4O2/c1-6-24(7-2)19(25)17-14(5)22-20(21)23-18(17)15-10-8-9-11-16(15)26-12-13(3)4/h8-11,13H,6-7,12H2,1-5H3,(H2,21,22,23). The summed E-state index contributed by atoms with van der Waals surface area (Å²) in [6.45, 7) is 11.7. The lowest BCUT2D eigenvalue weighted by atomic mass is 10.0. The van der Waals surface area contributed by atoms with Crippen molar-refractivity contribution in [1.29, 1.82) is 0 Å². The number of aromatic nitrogens is 2. The van der Waals surface area contributed by atoms with Crippen LogP contribution in [-0.4, -0.2) is 40.5 Å². The monoisotopic (exact) mass is 356 g/mol. The predicted octanol–water partition coefficient (Wildman–Crippen LogP) is 3.55. The summed E-state index contributed by atoms with van der Waals surface area (Å²) in [5.41, 5.74) is 8.21. The van der Waals surface area contributed by atoms with E-state index in [-0.39, 0.29) is 11.9 Å². The zero-order valence-electron chi connectivity index (χ0n) is 16.2. The third kappa shape index (κ3) is 4.31. The second kappa shape index (κ2) is 8.65. The average Bonchev–Trinajstić information content (AvgIpc) is 2.60. The molecule has 0 saturated heterocycles. The van der Waals surface area contributed by atoms with Crippen molar-refractivity contribution in [3.63, 3.8) is 0 Å². The van der Waals surface area contributed by atoms with Crippen molar-refractivity contribution in [3.8, 4) is 17.0 Å². The van der Waals surface area contributed by atoms with Crippen molar-refractivity contribution >= 4 is 11.9 Å². The molecule has 0 aliphatic rings. The lowest BCUT2D eigenvalue weighted by molar-refractivity contribution is 0.0772. The minimum Gasteiger partial charge on any atom is -0.493 e. The van der Waals surface area contributed by atoms with Crippen molar-refractivity contribution in [1.82, 2.24) is 14.9 Å². The average molecular weight is 356 g/mol. The van der Waals surface area contributed by atoms with Crippen molar-refractivity contribution < 1.29 is 9.53 Å². The molecular weight excluding hydrogens is 328 g/mol. The van der Waals surface area contributed by atoms with Crippen molar-refractivity contribution in [2.75, 3.05) is 25.4 Å². The summed E-state index contributed by atoms with van der Waals surface area (Å²) in [4.78, 5) is 23.4. The lowest BCUT2D eigenvalue weighted by Crippen LogP contribution is -2.32. The summed E-state index contributed by atoms with van der Waals surface area (Å²) < 4.78 is 5.95. The van der Waals surface area contributed by atoms with E-state index in [2.05, 4.69) is 23.8 Å². The number of hydrogen-bond donors (Lipinski definition) is 1. The number of carbonyl (C=O) groups excluding carboxylic acids is 1. The first-order valence-electron chi connectivity index (χ1n) is 9.04. The van der Waals surface area contributed by atoms with Crippen LogP contribution in [0.5, 0.6) is 5.75 Å². The molecule has 0 fully saturated rings. The van der Waals surface area contributed by atoms with Gasteiger partial charge >= 0.3 is 0 Å². The first-order valence-corrected chi connectivity index (χ1v) is 9.04. The lowest BCUT2D eigenvalue weighted by Gasteiger charge is -2.22. The van der Waals surface area contributed by atoms with Crippen LogP contribution in [0.15, 0.2) is 24.3 Å². The summed E-state index contributed by atoms with van der Waals surface area (Å²) >= 11 is 0. The Morgan fingerprint density at radius 3 is 2.46 bits per heavy atom. The zero-order valence-corrected chi connectivity index (χ0v) is 16.2. The molecule has 1 heterocycles. The maximum absolute atomic E-state index is 13.1. The van der Waals surface area contributed by atoms with E-state index in [4.69, 9.17) is 10.5 Å². The molecule has 0 atom stereocenters. The number of carbonyl (C=O) groups is 1. The topological polar surface area (TPSA) is 81.3 Å². The largest absolute Gasteiger partial charge is 0.493 e. The van der Waals surface area contributed by atoms with E-state index >= 15 is 0 Å². The highest BCUT2D eigenvalue weighted by Crippen LogP contribution is 2.33. The Hall–Kier alpha value is -2.63. The maximum Gasteiger partial charge on any atom is 0.257 e. The van der Waals surface area contributed by atoms with Crippen molar-refractivity contribution in [2.24, 2.45) is 5.92 Å². The van der Waals surface area contributed by atoms with Crippen LogP contribution in [0.1, 0.15) is 43.7 Å². The number of amides is 1. The fourth-order valence-electron chi connectivity index (χ4n) is 2.76. The molecule has 2 N–H and O–H groups in total. The number of nitrogen functional groups attached to an aromatic ring is 1. The van der Waals surface area contributed by atoms with Gasteiger partial charge in [-0.25, -0.2) is 9.97 Å². The summed E-state index contributed by atoms with van der Waals surface area (Å²) in [7, 11) is 0. The molecule has 0 saturated carbocycles. The van der Waals surface area contributed by atoms with Crippen LogP contribution in [-0.2, 0) is 0 Å². The summed E-state index contributed by atoms with van der Waals surface area (Å²) in [6, 6.07) is 7.59. The number of aryl methyl sites for hydroxylation is 1. The van der Waals surface area contributed by atoms with Gasteiger partial charge in [-0.2, -0.15) is 0 Å². The Morgan fingerprint density at radius 1 is 1.19 bits per heavy atom. The number of anilines is 1. The fraction of sp³-hybridized carbons (Fsp3) is 0.450. The Morgan fingerprint density at radius 2 is 1.85 bits per heavy atom. The number of hydrogen-bond acceptors (Lipinski definition) is 5. The smallest absolute Gasteiger partial charge is 0.257 e. The molecule has 0 unspecified atom stereocenters. The third-order valence-corrected chi connectivity index (χ3v) is 4.09. The van der Waals surface area contributed by atoms with Gasteiger partial charge in [0.05, 0.1) is 23.6 Å². The molecule has 1 amide bonds. The molecule has 1 aromatic carbocycles. The van der Waals surface area contributed by atoms with Gasteiger partial charge in [0.1, 0.15) is 5.75 Å². The quantitative estimate of drug-likeness (QED) is 0.820. The number of rotatable bonds is 7. The molecule has 0 spiro atoms. The van der Waals surface area contributed by atoms with E-state index < -0.39 is 0 Å². The minimum absolute atomic E-state index is 0.0961. The van der Waals surface area contributed by atoms with Crippen LogP contribution in [0.2, 0.25) is 0 Å². The first kappa shape index (κ1) is 19.7. The Balaban J connectivity index is 2.61. The number of para-hydroxylation sites is 1. The molecular formula is C20H28N4O2. The van der Waals surface area contributed by atoms with Crippen LogP contribution >= 0.6 is 0 Å². The Bertz CT molecular complexity index is 770. The van der Waals surface area contributed by atoms with Crippen LogP contribution in [0.3, 0.4) is 0 Å².